The van der Waals surface area contributed by atoms with Gasteiger partial charge in [0.2, 0.25) is 5.91 Å². The summed E-state index contributed by atoms with van der Waals surface area (Å²) in [6.07, 6.45) is 1.78. The van der Waals surface area contributed by atoms with Crippen molar-refractivity contribution >= 4 is 23.4 Å². The van der Waals surface area contributed by atoms with Crippen molar-refractivity contribution in [2.24, 2.45) is 5.41 Å². The van der Waals surface area contributed by atoms with E-state index in [2.05, 4.69) is 17.1 Å². The summed E-state index contributed by atoms with van der Waals surface area (Å²) in [5.74, 6) is 1.36. The summed E-state index contributed by atoms with van der Waals surface area (Å²) >= 11 is 5.99. The molecule has 2 aliphatic rings. The highest BCUT2D eigenvalue weighted by Gasteiger charge is 2.40. The van der Waals surface area contributed by atoms with Gasteiger partial charge in [0, 0.05) is 62.2 Å². The number of rotatable bonds is 6. The van der Waals surface area contributed by atoms with Gasteiger partial charge in [0.05, 0.1) is 6.61 Å². The zero-order valence-electron chi connectivity index (χ0n) is 19.3. The minimum absolute atomic E-state index is 0.135. The number of nitrogens with zero attached hydrogens (tertiary/aromatic N) is 4. The summed E-state index contributed by atoms with van der Waals surface area (Å²) in [7, 11) is 2.08. The van der Waals surface area contributed by atoms with Crippen LogP contribution in [0.3, 0.4) is 0 Å². The molecule has 8 nitrogen and oxygen atoms in total. The first-order chi connectivity index (χ1) is 15.8. The molecular formula is C24H31ClN4O4. The Hall–Kier alpha value is -2.58. The molecular weight excluding hydrogens is 444 g/mol. The Balaban J connectivity index is 1.43. The molecule has 178 valence electrons. The van der Waals surface area contributed by atoms with Crippen molar-refractivity contribution in [2.45, 2.75) is 26.2 Å². The van der Waals surface area contributed by atoms with Crippen LogP contribution < -0.4 is 4.74 Å². The lowest BCUT2D eigenvalue weighted by Crippen LogP contribution is -2.51. The number of amides is 2. The number of hydrogen-bond donors (Lipinski definition) is 0. The van der Waals surface area contributed by atoms with Gasteiger partial charge in [-0.15, -0.1) is 0 Å². The molecule has 0 N–H and O–H groups in total. The quantitative estimate of drug-likeness (QED) is 0.640. The Bertz CT molecular complexity index is 961. The number of aromatic nitrogens is 1. The van der Waals surface area contributed by atoms with E-state index in [0.717, 1.165) is 31.9 Å². The van der Waals surface area contributed by atoms with Gasteiger partial charge in [-0.1, -0.05) is 16.8 Å². The van der Waals surface area contributed by atoms with Crippen molar-refractivity contribution in [1.29, 1.82) is 0 Å². The maximum Gasteiger partial charge on any atom is 0.276 e. The lowest BCUT2D eigenvalue weighted by molar-refractivity contribution is -0.136. The van der Waals surface area contributed by atoms with Gasteiger partial charge in [0.15, 0.2) is 5.69 Å². The molecule has 0 aliphatic carbocycles. The fourth-order valence-electron chi connectivity index (χ4n) is 4.44. The number of hydrogen-bond acceptors (Lipinski definition) is 6. The van der Waals surface area contributed by atoms with Gasteiger partial charge in [-0.3, -0.25) is 9.59 Å². The first-order valence-corrected chi connectivity index (χ1v) is 11.8. The third kappa shape index (κ3) is 5.86. The van der Waals surface area contributed by atoms with Crippen LogP contribution in [0.4, 0.5) is 0 Å². The number of aryl methyl sites for hydroxylation is 1. The molecule has 2 saturated heterocycles. The molecule has 2 aliphatic heterocycles. The minimum Gasteiger partial charge on any atom is -0.493 e. The maximum atomic E-state index is 13.2. The number of benzene rings is 1. The Morgan fingerprint density at radius 3 is 2.33 bits per heavy atom. The molecule has 1 aromatic heterocycles. The van der Waals surface area contributed by atoms with Crippen LogP contribution in [0, 0.1) is 12.3 Å². The van der Waals surface area contributed by atoms with Crippen molar-refractivity contribution in [3.05, 3.63) is 46.8 Å². The second-order valence-electron chi connectivity index (χ2n) is 9.22. The van der Waals surface area contributed by atoms with E-state index in [9.17, 15) is 9.59 Å². The van der Waals surface area contributed by atoms with E-state index in [1.807, 2.05) is 17.0 Å². The SMILES string of the molecule is Cc1cc(C(=O)N2CCC(COc3ccc(Cl)cc3)(CC(=O)N3CCN(C)CC3)CC2)no1. The normalized spacial score (nSPS) is 18.9. The highest BCUT2D eigenvalue weighted by Crippen LogP contribution is 2.37. The summed E-state index contributed by atoms with van der Waals surface area (Å²) in [6.45, 7) is 6.55. The van der Waals surface area contributed by atoms with E-state index in [1.165, 1.54) is 0 Å². The molecule has 2 fully saturated rings. The zero-order chi connectivity index (χ0) is 23.4. The minimum atomic E-state index is -0.337. The molecule has 0 saturated carbocycles. The molecule has 4 rings (SSSR count). The van der Waals surface area contributed by atoms with Gasteiger partial charge in [0.1, 0.15) is 11.5 Å². The number of ether oxygens (including phenoxy) is 1. The van der Waals surface area contributed by atoms with Crippen molar-refractivity contribution in [3.63, 3.8) is 0 Å². The molecule has 2 amide bonds. The van der Waals surface area contributed by atoms with Crippen molar-refractivity contribution < 1.29 is 18.8 Å². The van der Waals surface area contributed by atoms with Crippen molar-refractivity contribution in [2.75, 3.05) is 52.9 Å². The molecule has 3 heterocycles. The number of piperazine rings is 1. The molecule has 9 heteroatoms. The van der Waals surface area contributed by atoms with Crippen LogP contribution in [0.2, 0.25) is 5.02 Å². The molecule has 0 radical (unpaired) electrons. The van der Waals surface area contributed by atoms with Crippen LogP contribution in [0.25, 0.3) is 0 Å². The van der Waals surface area contributed by atoms with Crippen LogP contribution in [0.5, 0.6) is 5.75 Å². The third-order valence-corrected chi connectivity index (χ3v) is 6.95. The number of likely N-dealkylation sites (tertiary alicyclic amines) is 1. The van der Waals surface area contributed by atoms with Crippen LogP contribution >= 0.6 is 11.6 Å². The first kappa shape index (κ1) is 23.6. The van der Waals surface area contributed by atoms with Gasteiger partial charge < -0.3 is 24.0 Å². The zero-order valence-corrected chi connectivity index (χ0v) is 20.0. The van der Waals surface area contributed by atoms with Crippen LogP contribution in [-0.2, 0) is 4.79 Å². The standard InChI is InChI=1S/C24H31ClN4O4/c1-18-15-21(26-33-18)23(31)29-9-7-24(8-10-29,17-32-20-5-3-19(25)4-6-20)16-22(30)28-13-11-27(2)12-14-28/h3-6,15H,7-14,16-17H2,1-2H3. The lowest BCUT2D eigenvalue weighted by atomic mass is 9.75. The van der Waals surface area contributed by atoms with Gasteiger partial charge in [-0.2, -0.15) is 0 Å². The molecule has 0 atom stereocenters. The summed E-state index contributed by atoms with van der Waals surface area (Å²) in [5, 5.41) is 4.51. The van der Waals surface area contributed by atoms with Crippen LogP contribution in [0.15, 0.2) is 34.9 Å². The largest absolute Gasteiger partial charge is 0.493 e. The Kier molecular flexibility index (Phi) is 7.24. The average molecular weight is 475 g/mol. The number of likely N-dealkylation sites (N-methyl/N-ethyl adjacent to an activating group) is 1. The Morgan fingerprint density at radius 2 is 1.73 bits per heavy atom. The van der Waals surface area contributed by atoms with Gasteiger partial charge in [-0.05, 0) is 51.1 Å². The second kappa shape index (κ2) is 10.1. The molecule has 1 aromatic carbocycles. The molecule has 0 spiro atoms. The Labute approximate surface area is 199 Å². The van der Waals surface area contributed by atoms with Crippen LogP contribution in [-0.4, -0.2) is 84.6 Å². The smallest absolute Gasteiger partial charge is 0.276 e. The van der Waals surface area contributed by atoms with E-state index >= 15 is 0 Å². The molecule has 0 unspecified atom stereocenters. The molecule has 0 bridgehead atoms. The monoisotopic (exact) mass is 474 g/mol. The molecule has 2 aromatic rings. The fourth-order valence-corrected chi connectivity index (χ4v) is 4.57. The number of carbonyl (C=O) groups excluding carboxylic acids is 2. The van der Waals surface area contributed by atoms with E-state index in [0.29, 0.717) is 55.4 Å². The summed E-state index contributed by atoms with van der Waals surface area (Å²) in [6, 6.07) is 8.92. The summed E-state index contributed by atoms with van der Waals surface area (Å²) in [4.78, 5) is 32.0. The van der Waals surface area contributed by atoms with Gasteiger partial charge in [-0.25, -0.2) is 0 Å². The number of halogens is 1. The van der Waals surface area contributed by atoms with E-state index in [-0.39, 0.29) is 17.2 Å². The maximum absolute atomic E-state index is 13.2. The fraction of sp³-hybridized carbons (Fsp3) is 0.542. The van der Waals surface area contributed by atoms with Crippen LogP contribution in [0.1, 0.15) is 35.5 Å². The predicted octanol–water partition coefficient (Wildman–Crippen LogP) is 3.10. The Morgan fingerprint density at radius 1 is 1.06 bits per heavy atom. The summed E-state index contributed by atoms with van der Waals surface area (Å²) < 4.78 is 11.2. The topological polar surface area (TPSA) is 79.1 Å². The van der Waals surface area contributed by atoms with Gasteiger partial charge >= 0.3 is 0 Å². The highest BCUT2D eigenvalue weighted by molar-refractivity contribution is 6.30. The molecule has 33 heavy (non-hydrogen) atoms. The second-order valence-corrected chi connectivity index (χ2v) is 9.65. The van der Waals surface area contributed by atoms with Crippen molar-refractivity contribution in [1.82, 2.24) is 19.9 Å². The highest BCUT2D eigenvalue weighted by atomic mass is 35.5. The third-order valence-electron chi connectivity index (χ3n) is 6.70. The first-order valence-electron chi connectivity index (χ1n) is 11.4. The van der Waals surface area contributed by atoms with E-state index in [4.69, 9.17) is 20.9 Å². The number of carbonyl (C=O) groups is 2. The van der Waals surface area contributed by atoms with Crippen molar-refractivity contribution in [3.8, 4) is 5.75 Å². The summed E-state index contributed by atoms with van der Waals surface area (Å²) in [5.41, 5.74) is -0.0118. The lowest BCUT2D eigenvalue weighted by Gasteiger charge is -2.42. The van der Waals surface area contributed by atoms with E-state index in [1.54, 1.807) is 30.0 Å². The van der Waals surface area contributed by atoms with Gasteiger partial charge in [0.25, 0.3) is 5.91 Å². The predicted molar refractivity (Wildman–Crippen MR) is 124 cm³/mol. The van der Waals surface area contributed by atoms with E-state index < -0.39 is 0 Å². The number of piperidine rings is 1. The average Bonchev–Trinajstić information content (AvgIpc) is 3.25.